The van der Waals surface area contributed by atoms with Gasteiger partial charge in [0.1, 0.15) is 5.75 Å². The third-order valence-electron chi connectivity index (χ3n) is 2.91. The van der Waals surface area contributed by atoms with E-state index in [1.165, 1.54) is 0 Å². The fraction of sp³-hybridized carbons (Fsp3) is 0. The van der Waals surface area contributed by atoms with E-state index in [0.717, 1.165) is 11.3 Å². The Balaban J connectivity index is 1.98. The highest BCUT2D eigenvalue weighted by Gasteiger charge is 2.06. The van der Waals surface area contributed by atoms with E-state index in [1.54, 1.807) is 12.1 Å². The fourth-order valence-electron chi connectivity index (χ4n) is 1.93. The van der Waals surface area contributed by atoms with E-state index in [-0.39, 0.29) is 5.75 Å². The first-order valence-electron chi connectivity index (χ1n) is 6.02. The molecule has 0 atom stereocenters. The fourth-order valence-corrected chi connectivity index (χ4v) is 1.93. The normalized spacial score (nSPS) is 10.3. The number of para-hydroxylation sites is 1. The molecule has 92 valence electrons. The van der Waals surface area contributed by atoms with Crippen molar-refractivity contribution >= 4 is 0 Å². The molecular formula is C16H12N2O. The second-order valence-corrected chi connectivity index (χ2v) is 4.19. The maximum atomic E-state index is 9.78. The Labute approximate surface area is 111 Å². The Bertz CT molecular complexity index is 679. The van der Waals surface area contributed by atoms with Crippen LogP contribution in [0.1, 0.15) is 0 Å². The molecule has 0 aliphatic carbocycles. The number of rotatable bonds is 2. The summed E-state index contributed by atoms with van der Waals surface area (Å²) >= 11 is 0. The van der Waals surface area contributed by atoms with Crippen LogP contribution in [0.3, 0.4) is 0 Å². The molecule has 0 bridgehead atoms. The predicted molar refractivity (Wildman–Crippen MR) is 74.6 cm³/mol. The first-order valence-corrected chi connectivity index (χ1v) is 6.02. The number of nitrogens with zero attached hydrogens (tertiary/aromatic N) is 2. The van der Waals surface area contributed by atoms with Crippen molar-refractivity contribution in [2.45, 2.75) is 0 Å². The molecule has 0 saturated heterocycles. The number of aromatic hydroxyl groups is 1. The molecule has 0 fully saturated rings. The van der Waals surface area contributed by atoms with Crippen LogP contribution in [-0.4, -0.2) is 15.3 Å². The minimum Gasteiger partial charge on any atom is -0.507 e. The Kier molecular flexibility index (Phi) is 2.94. The molecule has 1 N–H and O–H groups in total. The molecule has 0 aliphatic heterocycles. The van der Waals surface area contributed by atoms with Crippen LogP contribution < -0.4 is 0 Å². The van der Waals surface area contributed by atoms with Gasteiger partial charge in [0, 0.05) is 11.1 Å². The number of hydrogen-bond donors (Lipinski definition) is 1. The van der Waals surface area contributed by atoms with E-state index < -0.39 is 0 Å². The summed E-state index contributed by atoms with van der Waals surface area (Å²) in [7, 11) is 0. The average Bonchev–Trinajstić information content (AvgIpc) is 2.49. The molecule has 0 radical (unpaired) electrons. The zero-order chi connectivity index (χ0) is 13.1. The van der Waals surface area contributed by atoms with E-state index in [4.69, 9.17) is 0 Å². The van der Waals surface area contributed by atoms with Crippen LogP contribution in [0.5, 0.6) is 5.75 Å². The molecule has 3 rings (SSSR count). The zero-order valence-corrected chi connectivity index (χ0v) is 10.2. The second-order valence-electron chi connectivity index (χ2n) is 4.19. The van der Waals surface area contributed by atoms with Gasteiger partial charge in [-0.3, -0.25) is 0 Å². The summed E-state index contributed by atoms with van der Waals surface area (Å²) in [6.45, 7) is 0. The largest absolute Gasteiger partial charge is 0.507 e. The van der Waals surface area contributed by atoms with E-state index in [0.29, 0.717) is 11.3 Å². The summed E-state index contributed by atoms with van der Waals surface area (Å²) in [4.78, 5) is 0. The van der Waals surface area contributed by atoms with Crippen molar-refractivity contribution in [2.24, 2.45) is 0 Å². The molecule has 2 aromatic carbocycles. The van der Waals surface area contributed by atoms with Crippen LogP contribution in [0.15, 0.2) is 66.7 Å². The van der Waals surface area contributed by atoms with Crippen LogP contribution in [0.4, 0.5) is 0 Å². The van der Waals surface area contributed by atoms with Crippen molar-refractivity contribution in [1.82, 2.24) is 10.2 Å². The van der Waals surface area contributed by atoms with Gasteiger partial charge in [0.2, 0.25) is 0 Å². The Morgan fingerprint density at radius 2 is 1.26 bits per heavy atom. The number of aromatic nitrogens is 2. The monoisotopic (exact) mass is 248 g/mol. The highest BCUT2D eigenvalue weighted by Crippen LogP contribution is 2.27. The summed E-state index contributed by atoms with van der Waals surface area (Å²) in [6.07, 6.45) is 0. The lowest BCUT2D eigenvalue weighted by Crippen LogP contribution is -1.90. The third-order valence-corrected chi connectivity index (χ3v) is 2.91. The van der Waals surface area contributed by atoms with Gasteiger partial charge in [-0.05, 0) is 24.3 Å². The molecular weight excluding hydrogens is 236 g/mol. The maximum Gasteiger partial charge on any atom is 0.125 e. The van der Waals surface area contributed by atoms with Crippen molar-refractivity contribution in [1.29, 1.82) is 0 Å². The molecule has 3 heteroatoms. The molecule has 0 unspecified atom stereocenters. The van der Waals surface area contributed by atoms with Gasteiger partial charge in [0.15, 0.2) is 0 Å². The number of benzene rings is 2. The number of phenols is 1. The van der Waals surface area contributed by atoms with Gasteiger partial charge in [-0.15, -0.1) is 10.2 Å². The van der Waals surface area contributed by atoms with Gasteiger partial charge in [-0.2, -0.15) is 0 Å². The zero-order valence-electron chi connectivity index (χ0n) is 10.2. The van der Waals surface area contributed by atoms with Gasteiger partial charge in [-0.25, -0.2) is 0 Å². The molecule has 0 spiro atoms. The van der Waals surface area contributed by atoms with Crippen LogP contribution >= 0.6 is 0 Å². The SMILES string of the molecule is Oc1ccccc1-c1ccc(-c2ccccc2)nn1. The van der Waals surface area contributed by atoms with Gasteiger partial charge in [-0.1, -0.05) is 42.5 Å². The standard InChI is InChI=1S/C16H12N2O/c19-16-9-5-4-8-13(16)15-11-10-14(17-18-15)12-6-2-1-3-7-12/h1-11,19H. The van der Waals surface area contributed by atoms with Crippen LogP contribution in [-0.2, 0) is 0 Å². The quantitative estimate of drug-likeness (QED) is 0.754. The van der Waals surface area contributed by atoms with Crippen molar-refractivity contribution in [3.8, 4) is 28.3 Å². The molecule has 19 heavy (non-hydrogen) atoms. The van der Waals surface area contributed by atoms with Crippen molar-refractivity contribution in [3.05, 3.63) is 66.7 Å². The molecule has 3 aromatic rings. The van der Waals surface area contributed by atoms with Gasteiger partial charge in [0.05, 0.1) is 11.4 Å². The average molecular weight is 248 g/mol. The first-order chi connectivity index (χ1) is 9.34. The molecule has 1 heterocycles. The lowest BCUT2D eigenvalue weighted by Gasteiger charge is -2.04. The van der Waals surface area contributed by atoms with Crippen LogP contribution in [0.25, 0.3) is 22.5 Å². The number of phenolic OH excluding ortho intramolecular Hbond substituents is 1. The lowest BCUT2D eigenvalue weighted by atomic mass is 10.1. The minimum atomic E-state index is 0.212. The summed E-state index contributed by atoms with van der Waals surface area (Å²) in [5, 5.41) is 18.2. The van der Waals surface area contributed by atoms with Gasteiger partial charge in [0.25, 0.3) is 0 Å². The van der Waals surface area contributed by atoms with E-state index in [2.05, 4.69) is 10.2 Å². The predicted octanol–water partition coefficient (Wildman–Crippen LogP) is 3.52. The molecule has 0 saturated carbocycles. The molecule has 1 aromatic heterocycles. The molecule has 3 nitrogen and oxygen atoms in total. The Hall–Kier alpha value is -2.68. The molecule has 0 aliphatic rings. The highest BCUT2D eigenvalue weighted by molar-refractivity contribution is 5.68. The Morgan fingerprint density at radius 1 is 0.632 bits per heavy atom. The van der Waals surface area contributed by atoms with Crippen molar-refractivity contribution in [2.75, 3.05) is 0 Å². The van der Waals surface area contributed by atoms with Gasteiger partial charge >= 0.3 is 0 Å². The van der Waals surface area contributed by atoms with Crippen molar-refractivity contribution in [3.63, 3.8) is 0 Å². The van der Waals surface area contributed by atoms with Crippen LogP contribution in [0.2, 0.25) is 0 Å². The molecule has 0 amide bonds. The van der Waals surface area contributed by atoms with E-state index in [9.17, 15) is 5.11 Å². The topological polar surface area (TPSA) is 46.0 Å². The summed E-state index contributed by atoms with van der Waals surface area (Å²) in [6, 6.07) is 20.8. The first kappa shape index (κ1) is 11.4. The lowest BCUT2D eigenvalue weighted by molar-refractivity contribution is 0.477. The van der Waals surface area contributed by atoms with E-state index in [1.807, 2.05) is 54.6 Å². The van der Waals surface area contributed by atoms with Crippen LogP contribution in [0, 0.1) is 0 Å². The highest BCUT2D eigenvalue weighted by atomic mass is 16.3. The second kappa shape index (κ2) is 4.90. The summed E-state index contributed by atoms with van der Waals surface area (Å²) < 4.78 is 0. The van der Waals surface area contributed by atoms with Crippen molar-refractivity contribution < 1.29 is 5.11 Å². The van der Waals surface area contributed by atoms with Gasteiger partial charge < -0.3 is 5.11 Å². The summed E-state index contributed by atoms with van der Waals surface area (Å²) in [5.41, 5.74) is 3.20. The summed E-state index contributed by atoms with van der Waals surface area (Å²) in [5.74, 6) is 0.212. The number of hydrogen-bond acceptors (Lipinski definition) is 3. The maximum absolute atomic E-state index is 9.78. The smallest absolute Gasteiger partial charge is 0.125 e. The third kappa shape index (κ3) is 2.31. The van der Waals surface area contributed by atoms with E-state index >= 15 is 0 Å². The minimum absolute atomic E-state index is 0.212. The Morgan fingerprint density at radius 3 is 1.95 bits per heavy atom.